The van der Waals surface area contributed by atoms with Crippen LogP contribution in [0.4, 0.5) is 5.82 Å². The van der Waals surface area contributed by atoms with Gasteiger partial charge in [0.15, 0.2) is 11.5 Å². The summed E-state index contributed by atoms with van der Waals surface area (Å²) in [4.78, 5) is 16.5. The minimum atomic E-state index is -0.159. The number of carbonyl (C=O) groups is 1. The summed E-state index contributed by atoms with van der Waals surface area (Å²) < 4.78 is 0. The Hall–Kier alpha value is -2.47. The molecule has 1 saturated heterocycles. The van der Waals surface area contributed by atoms with Crippen LogP contribution >= 0.6 is 0 Å². The highest BCUT2D eigenvalue weighted by Crippen LogP contribution is 2.14. The van der Waals surface area contributed by atoms with Crippen molar-refractivity contribution in [1.29, 1.82) is 0 Å². The average molecular weight is 339 g/mol. The molecule has 0 aliphatic carbocycles. The minimum absolute atomic E-state index is 0.159. The second-order valence-electron chi connectivity index (χ2n) is 6.28. The van der Waals surface area contributed by atoms with Crippen molar-refractivity contribution >= 4 is 11.7 Å². The lowest BCUT2D eigenvalue weighted by Crippen LogP contribution is -2.46. The van der Waals surface area contributed by atoms with Crippen LogP contribution in [0.5, 0.6) is 0 Å². The Morgan fingerprint density at radius 1 is 1.04 bits per heavy atom. The van der Waals surface area contributed by atoms with E-state index in [1.807, 2.05) is 19.1 Å². The van der Waals surface area contributed by atoms with Gasteiger partial charge in [-0.15, -0.1) is 10.2 Å². The lowest BCUT2D eigenvalue weighted by molar-refractivity contribution is 0.0947. The second-order valence-corrected chi connectivity index (χ2v) is 6.28. The molecule has 1 aromatic carbocycles. The molecule has 0 unspecified atom stereocenters. The van der Waals surface area contributed by atoms with Crippen LogP contribution in [0.3, 0.4) is 0 Å². The topological polar surface area (TPSA) is 61.4 Å². The zero-order valence-corrected chi connectivity index (χ0v) is 14.7. The number of rotatable bonds is 6. The molecule has 0 radical (unpaired) electrons. The Morgan fingerprint density at radius 2 is 1.80 bits per heavy atom. The van der Waals surface area contributed by atoms with Gasteiger partial charge in [0.05, 0.1) is 0 Å². The highest BCUT2D eigenvalue weighted by atomic mass is 16.1. The molecule has 6 heteroatoms. The van der Waals surface area contributed by atoms with Crippen molar-refractivity contribution in [2.45, 2.75) is 19.9 Å². The van der Waals surface area contributed by atoms with Crippen molar-refractivity contribution in [3.8, 4) is 0 Å². The highest BCUT2D eigenvalue weighted by Gasteiger charge is 2.19. The molecule has 0 spiro atoms. The number of aromatic nitrogens is 2. The molecule has 25 heavy (non-hydrogen) atoms. The first-order valence-electron chi connectivity index (χ1n) is 8.89. The van der Waals surface area contributed by atoms with E-state index < -0.39 is 0 Å². The number of amides is 1. The molecule has 0 atom stereocenters. The number of benzene rings is 1. The average Bonchev–Trinajstić information content (AvgIpc) is 2.68. The third kappa shape index (κ3) is 4.76. The summed E-state index contributed by atoms with van der Waals surface area (Å²) in [7, 11) is 0. The van der Waals surface area contributed by atoms with Gasteiger partial charge >= 0.3 is 0 Å². The number of anilines is 1. The van der Waals surface area contributed by atoms with Crippen molar-refractivity contribution in [2.24, 2.45) is 0 Å². The number of hydrogen-bond donors (Lipinski definition) is 1. The fourth-order valence-electron chi connectivity index (χ4n) is 2.92. The molecule has 1 aliphatic heterocycles. The molecule has 1 aliphatic rings. The molecule has 1 N–H and O–H groups in total. The Kier molecular flexibility index (Phi) is 5.95. The third-order valence-corrected chi connectivity index (χ3v) is 4.36. The first-order chi connectivity index (χ1) is 12.3. The van der Waals surface area contributed by atoms with E-state index >= 15 is 0 Å². The maximum absolute atomic E-state index is 11.9. The molecule has 0 bridgehead atoms. The van der Waals surface area contributed by atoms with Gasteiger partial charge in [0, 0.05) is 39.3 Å². The van der Waals surface area contributed by atoms with Crippen molar-refractivity contribution in [3.63, 3.8) is 0 Å². The molecular formula is C19H25N5O. The summed E-state index contributed by atoms with van der Waals surface area (Å²) in [5.41, 5.74) is 1.72. The number of hydrogen-bond acceptors (Lipinski definition) is 5. The fraction of sp³-hybridized carbons (Fsp3) is 0.421. The van der Waals surface area contributed by atoms with E-state index in [9.17, 15) is 4.79 Å². The van der Waals surface area contributed by atoms with Crippen LogP contribution in [-0.4, -0.2) is 53.7 Å². The van der Waals surface area contributed by atoms with Crippen LogP contribution in [0.25, 0.3) is 0 Å². The Morgan fingerprint density at radius 3 is 2.44 bits per heavy atom. The Bertz CT molecular complexity index is 666. The van der Waals surface area contributed by atoms with E-state index in [0.29, 0.717) is 12.2 Å². The summed E-state index contributed by atoms with van der Waals surface area (Å²) in [6.45, 7) is 7.49. The van der Waals surface area contributed by atoms with Crippen molar-refractivity contribution in [2.75, 3.05) is 37.6 Å². The fourth-order valence-corrected chi connectivity index (χ4v) is 2.92. The predicted octanol–water partition coefficient (Wildman–Crippen LogP) is 1.94. The van der Waals surface area contributed by atoms with Gasteiger partial charge in [-0.25, -0.2) is 0 Å². The van der Waals surface area contributed by atoms with E-state index in [2.05, 4.69) is 49.6 Å². The number of piperazine rings is 1. The zero-order valence-electron chi connectivity index (χ0n) is 14.7. The summed E-state index contributed by atoms with van der Waals surface area (Å²) >= 11 is 0. The molecule has 3 rings (SSSR count). The van der Waals surface area contributed by atoms with Crippen LogP contribution in [0.15, 0.2) is 42.5 Å². The van der Waals surface area contributed by atoms with Gasteiger partial charge in [-0.2, -0.15) is 0 Å². The first kappa shape index (κ1) is 17.4. The second kappa shape index (κ2) is 8.58. The van der Waals surface area contributed by atoms with Gasteiger partial charge in [0.25, 0.3) is 5.91 Å². The number of carbonyl (C=O) groups excluding carboxylic acids is 1. The van der Waals surface area contributed by atoms with Gasteiger partial charge in [-0.1, -0.05) is 37.3 Å². The largest absolute Gasteiger partial charge is 0.353 e. The first-order valence-corrected chi connectivity index (χ1v) is 8.89. The van der Waals surface area contributed by atoms with Crippen LogP contribution in [0.1, 0.15) is 29.4 Å². The molecule has 2 aromatic rings. The molecule has 1 aromatic heterocycles. The van der Waals surface area contributed by atoms with Crippen LogP contribution in [-0.2, 0) is 6.54 Å². The molecule has 1 fully saturated rings. The van der Waals surface area contributed by atoms with Crippen LogP contribution in [0, 0.1) is 0 Å². The smallest absolute Gasteiger partial charge is 0.271 e. The summed E-state index contributed by atoms with van der Waals surface area (Å²) in [6, 6.07) is 14.2. The Balaban J connectivity index is 1.51. The highest BCUT2D eigenvalue weighted by molar-refractivity contribution is 5.92. The molecular weight excluding hydrogens is 314 g/mol. The standard InChI is InChI=1S/C19H25N5O/c1-2-10-20-19(25)17-8-9-18(22-21-17)24-13-11-23(12-14-24)15-16-6-4-3-5-7-16/h3-9H,2,10-15H2,1H3,(H,20,25). The Labute approximate surface area is 148 Å². The molecule has 132 valence electrons. The zero-order chi connectivity index (χ0) is 17.5. The molecule has 6 nitrogen and oxygen atoms in total. The van der Waals surface area contributed by atoms with E-state index in [0.717, 1.165) is 45.0 Å². The molecule has 0 saturated carbocycles. The lowest BCUT2D eigenvalue weighted by Gasteiger charge is -2.35. The van der Waals surface area contributed by atoms with Gasteiger partial charge in [-0.3, -0.25) is 9.69 Å². The third-order valence-electron chi connectivity index (χ3n) is 4.36. The molecule has 1 amide bonds. The quantitative estimate of drug-likeness (QED) is 0.871. The van der Waals surface area contributed by atoms with Gasteiger partial charge in [0.1, 0.15) is 0 Å². The van der Waals surface area contributed by atoms with Gasteiger partial charge in [0.2, 0.25) is 0 Å². The van der Waals surface area contributed by atoms with Crippen LogP contribution in [0.2, 0.25) is 0 Å². The van der Waals surface area contributed by atoms with Crippen molar-refractivity contribution in [1.82, 2.24) is 20.4 Å². The van der Waals surface area contributed by atoms with Crippen molar-refractivity contribution in [3.05, 3.63) is 53.7 Å². The lowest BCUT2D eigenvalue weighted by atomic mass is 10.2. The van der Waals surface area contributed by atoms with Crippen LogP contribution < -0.4 is 10.2 Å². The summed E-state index contributed by atoms with van der Waals surface area (Å²) in [5.74, 6) is 0.681. The monoisotopic (exact) mass is 339 g/mol. The minimum Gasteiger partial charge on any atom is -0.353 e. The number of nitrogens with one attached hydrogen (secondary N) is 1. The normalized spacial score (nSPS) is 15.2. The van der Waals surface area contributed by atoms with E-state index in [1.54, 1.807) is 6.07 Å². The molecule has 2 heterocycles. The SMILES string of the molecule is CCCNC(=O)c1ccc(N2CCN(Cc3ccccc3)CC2)nn1. The maximum atomic E-state index is 11.9. The van der Waals surface area contributed by atoms with E-state index in [-0.39, 0.29) is 5.91 Å². The predicted molar refractivity (Wildman–Crippen MR) is 98.6 cm³/mol. The van der Waals surface area contributed by atoms with Gasteiger partial charge in [-0.05, 0) is 24.1 Å². The van der Waals surface area contributed by atoms with Gasteiger partial charge < -0.3 is 10.2 Å². The van der Waals surface area contributed by atoms with E-state index in [1.165, 1.54) is 5.56 Å². The van der Waals surface area contributed by atoms with E-state index in [4.69, 9.17) is 0 Å². The summed E-state index contributed by atoms with van der Waals surface area (Å²) in [5, 5.41) is 11.1. The van der Waals surface area contributed by atoms with Crippen molar-refractivity contribution < 1.29 is 4.79 Å². The summed E-state index contributed by atoms with van der Waals surface area (Å²) in [6.07, 6.45) is 0.907. The maximum Gasteiger partial charge on any atom is 0.271 e. The number of nitrogens with zero attached hydrogens (tertiary/aromatic N) is 4.